The third-order valence-electron chi connectivity index (χ3n) is 3.77. The van der Waals surface area contributed by atoms with Crippen molar-refractivity contribution in [2.45, 2.75) is 32.4 Å². The highest BCUT2D eigenvalue weighted by Crippen LogP contribution is 2.15. The van der Waals surface area contributed by atoms with Gasteiger partial charge in [0.05, 0.1) is 24.8 Å². The summed E-state index contributed by atoms with van der Waals surface area (Å²) in [5.41, 5.74) is 1.56. The summed E-state index contributed by atoms with van der Waals surface area (Å²) in [5.74, 6) is 0.568. The Balaban J connectivity index is 1.72. The number of furan rings is 1. The van der Waals surface area contributed by atoms with Crippen molar-refractivity contribution in [3.8, 4) is 0 Å². The van der Waals surface area contributed by atoms with Gasteiger partial charge < -0.3 is 9.32 Å². The Bertz CT molecular complexity index is 703. The molecule has 110 valence electrons. The van der Waals surface area contributed by atoms with Crippen molar-refractivity contribution in [3.05, 3.63) is 52.1 Å². The van der Waals surface area contributed by atoms with Crippen LogP contribution in [-0.4, -0.2) is 27.4 Å². The summed E-state index contributed by atoms with van der Waals surface area (Å²) in [6.45, 7) is 0.398. The average molecular weight is 287 g/mol. The first kappa shape index (κ1) is 13.6. The number of carbonyl (C=O) groups excluding carboxylic acids is 1. The lowest BCUT2D eigenvalue weighted by molar-refractivity contribution is -0.131. The molecule has 0 radical (unpaired) electrons. The number of fused-ring (bicyclic) bond motifs is 1. The molecule has 1 amide bonds. The molecule has 0 saturated heterocycles. The third-order valence-corrected chi connectivity index (χ3v) is 3.77. The zero-order valence-electron chi connectivity index (χ0n) is 11.9. The molecule has 21 heavy (non-hydrogen) atoms. The molecule has 1 aliphatic rings. The standard InChI is InChI=1S/C15H17N3O3/c1-17(8-11-4-3-7-21-11)14(19)9-18-10-16-13-6-2-5-12(13)15(18)20/h3-4,7,10H,2,5-6,8-9H2,1H3. The highest BCUT2D eigenvalue weighted by atomic mass is 16.3. The molecule has 2 aromatic heterocycles. The van der Waals surface area contributed by atoms with Crippen molar-refractivity contribution < 1.29 is 9.21 Å². The predicted octanol–water partition coefficient (Wildman–Crippen LogP) is 0.984. The maximum Gasteiger partial charge on any atom is 0.257 e. The van der Waals surface area contributed by atoms with E-state index in [1.807, 2.05) is 6.07 Å². The van der Waals surface area contributed by atoms with Gasteiger partial charge in [0.15, 0.2) is 0 Å². The van der Waals surface area contributed by atoms with Crippen molar-refractivity contribution in [1.29, 1.82) is 0 Å². The lowest BCUT2D eigenvalue weighted by Crippen LogP contribution is -2.34. The average Bonchev–Trinajstić information content (AvgIpc) is 3.12. The fourth-order valence-corrected chi connectivity index (χ4v) is 2.57. The number of amides is 1. The zero-order chi connectivity index (χ0) is 14.8. The molecule has 0 unspecified atom stereocenters. The Kier molecular flexibility index (Phi) is 3.60. The van der Waals surface area contributed by atoms with E-state index in [9.17, 15) is 9.59 Å². The molecular formula is C15H17N3O3. The predicted molar refractivity (Wildman–Crippen MR) is 75.7 cm³/mol. The van der Waals surface area contributed by atoms with Crippen LogP contribution in [0.25, 0.3) is 0 Å². The van der Waals surface area contributed by atoms with Crippen LogP contribution in [0.1, 0.15) is 23.4 Å². The summed E-state index contributed by atoms with van der Waals surface area (Å²) < 4.78 is 6.61. The summed E-state index contributed by atoms with van der Waals surface area (Å²) in [5, 5.41) is 0. The van der Waals surface area contributed by atoms with E-state index in [0.717, 1.165) is 30.5 Å². The van der Waals surface area contributed by atoms with Gasteiger partial charge in [0.2, 0.25) is 5.91 Å². The Morgan fingerprint density at radius 1 is 1.48 bits per heavy atom. The summed E-state index contributed by atoms with van der Waals surface area (Å²) in [6.07, 6.45) is 5.64. The lowest BCUT2D eigenvalue weighted by Gasteiger charge is -2.16. The zero-order valence-corrected chi connectivity index (χ0v) is 11.9. The SMILES string of the molecule is CN(Cc1ccco1)C(=O)Cn1cnc2c(c1=O)CCC2. The maximum atomic E-state index is 12.3. The minimum atomic E-state index is -0.145. The van der Waals surface area contributed by atoms with Gasteiger partial charge in [0.25, 0.3) is 5.56 Å². The fraction of sp³-hybridized carbons (Fsp3) is 0.400. The van der Waals surface area contributed by atoms with E-state index in [-0.39, 0.29) is 18.0 Å². The topological polar surface area (TPSA) is 68.3 Å². The summed E-state index contributed by atoms with van der Waals surface area (Å²) in [6, 6.07) is 3.59. The highest BCUT2D eigenvalue weighted by molar-refractivity contribution is 5.75. The van der Waals surface area contributed by atoms with Gasteiger partial charge in [-0.3, -0.25) is 14.2 Å². The van der Waals surface area contributed by atoms with E-state index in [2.05, 4.69) is 4.98 Å². The van der Waals surface area contributed by atoms with E-state index in [4.69, 9.17) is 4.42 Å². The minimum Gasteiger partial charge on any atom is -0.467 e. The maximum absolute atomic E-state index is 12.3. The van der Waals surface area contributed by atoms with Gasteiger partial charge in [-0.05, 0) is 31.4 Å². The highest BCUT2D eigenvalue weighted by Gasteiger charge is 2.19. The Hall–Kier alpha value is -2.37. The molecule has 0 aliphatic heterocycles. The monoisotopic (exact) mass is 287 g/mol. The number of hydrogen-bond acceptors (Lipinski definition) is 4. The number of nitrogens with zero attached hydrogens (tertiary/aromatic N) is 3. The number of hydrogen-bond donors (Lipinski definition) is 0. The number of likely N-dealkylation sites (N-methyl/N-ethyl adjacent to an activating group) is 1. The van der Waals surface area contributed by atoms with Gasteiger partial charge in [-0.15, -0.1) is 0 Å². The molecular weight excluding hydrogens is 270 g/mol. The molecule has 0 atom stereocenters. The molecule has 2 heterocycles. The molecule has 3 rings (SSSR count). The first-order chi connectivity index (χ1) is 10.1. The van der Waals surface area contributed by atoms with Crippen molar-refractivity contribution in [2.24, 2.45) is 0 Å². The van der Waals surface area contributed by atoms with Crippen LogP contribution in [0.3, 0.4) is 0 Å². The van der Waals surface area contributed by atoms with Gasteiger partial charge in [-0.2, -0.15) is 0 Å². The van der Waals surface area contributed by atoms with Crippen LogP contribution < -0.4 is 5.56 Å². The third kappa shape index (κ3) is 2.74. The second kappa shape index (κ2) is 5.55. The molecule has 0 N–H and O–H groups in total. The van der Waals surface area contributed by atoms with E-state index >= 15 is 0 Å². The smallest absolute Gasteiger partial charge is 0.257 e. The molecule has 0 spiro atoms. The summed E-state index contributed by atoms with van der Waals surface area (Å²) >= 11 is 0. The van der Waals surface area contributed by atoms with Crippen LogP contribution in [-0.2, 0) is 30.7 Å². The number of aromatic nitrogens is 2. The van der Waals surface area contributed by atoms with E-state index in [1.54, 1.807) is 24.3 Å². The minimum absolute atomic E-state index is 0.0102. The van der Waals surface area contributed by atoms with Crippen LogP contribution in [0.15, 0.2) is 33.9 Å². The van der Waals surface area contributed by atoms with Crippen LogP contribution in [0.2, 0.25) is 0 Å². The van der Waals surface area contributed by atoms with Gasteiger partial charge in [-0.1, -0.05) is 0 Å². The molecule has 0 aromatic carbocycles. The first-order valence-electron chi connectivity index (χ1n) is 6.98. The van der Waals surface area contributed by atoms with Gasteiger partial charge in [0, 0.05) is 12.6 Å². The van der Waals surface area contributed by atoms with E-state index < -0.39 is 0 Å². The van der Waals surface area contributed by atoms with Crippen LogP contribution in [0.5, 0.6) is 0 Å². The Labute approximate surface area is 122 Å². The number of rotatable bonds is 4. The molecule has 6 nitrogen and oxygen atoms in total. The van der Waals surface area contributed by atoms with Crippen LogP contribution in [0.4, 0.5) is 0 Å². The Morgan fingerprint density at radius 3 is 3.10 bits per heavy atom. The molecule has 0 bridgehead atoms. The summed E-state index contributed by atoms with van der Waals surface area (Å²) in [4.78, 5) is 30.3. The normalized spacial score (nSPS) is 13.2. The first-order valence-corrected chi connectivity index (χ1v) is 6.98. The fourth-order valence-electron chi connectivity index (χ4n) is 2.57. The largest absolute Gasteiger partial charge is 0.467 e. The van der Waals surface area contributed by atoms with Crippen LogP contribution in [0, 0.1) is 0 Å². The van der Waals surface area contributed by atoms with E-state index in [1.165, 1.54) is 10.9 Å². The second-order valence-electron chi connectivity index (χ2n) is 5.29. The van der Waals surface area contributed by atoms with Crippen molar-refractivity contribution in [2.75, 3.05) is 7.05 Å². The van der Waals surface area contributed by atoms with Crippen molar-refractivity contribution in [1.82, 2.24) is 14.5 Å². The quantitative estimate of drug-likeness (QED) is 0.840. The van der Waals surface area contributed by atoms with Crippen molar-refractivity contribution in [3.63, 3.8) is 0 Å². The number of aryl methyl sites for hydroxylation is 1. The molecule has 0 saturated carbocycles. The molecule has 1 aliphatic carbocycles. The van der Waals surface area contributed by atoms with Crippen molar-refractivity contribution >= 4 is 5.91 Å². The summed E-state index contributed by atoms with van der Waals surface area (Å²) in [7, 11) is 1.69. The Morgan fingerprint density at radius 2 is 2.33 bits per heavy atom. The van der Waals surface area contributed by atoms with Gasteiger partial charge >= 0.3 is 0 Å². The van der Waals surface area contributed by atoms with Gasteiger partial charge in [0.1, 0.15) is 12.3 Å². The lowest BCUT2D eigenvalue weighted by atomic mass is 10.2. The van der Waals surface area contributed by atoms with E-state index in [0.29, 0.717) is 12.3 Å². The molecule has 0 fully saturated rings. The number of carbonyl (C=O) groups is 1. The van der Waals surface area contributed by atoms with Crippen LogP contribution >= 0.6 is 0 Å². The second-order valence-corrected chi connectivity index (χ2v) is 5.29. The van der Waals surface area contributed by atoms with Gasteiger partial charge in [-0.25, -0.2) is 4.98 Å². The molecule has 2 aromatic rings. The molecule has 6 heteroatoms.